The summed E-state index contributed by atoms with van der Waals surface area (Å²) >= 11 is 2.74. The van der Waals surface area contributed by atoms with Crippen LogP contribution in [0, 0.1) is 13.8 Å². The minimum absolute atomic E-state index is 0.0217. The lowest BCUT2D eigenvalue weighted by Gasteiger charge is -2.13. The van der Waals surface area contributed by atoms with Gasteiger partial charge in [0, 0.05) is 23.5 Å². The molecule has 1 aromatic carbocycles. The summed E-state index contributed by atoms with van der Waals surface area (Å²) in [5, 5.41) is 9.29. The molecule has 2 N–H and O–H groups in total. The van der Waals surface area contributed by atoms with Crippen LogP contribution in [-0.2, 0) is 29.2 Å². The van der Waals surface area contributed by atoms with Crippen molar-refractivity contribution in [1.29, 1.82) is 0 Å². The molecule has 0 spiro atoms. The molecule has 8 nitrogen and oxygen atoms in total. The van der Waals surface area contributed by atoms with E-state index in [-0.39, 0.29) is 31.3 Å². The topological polar surface area (TPSA) is 102 Å². The van der Waals surface area contributed by atoms with Gasteiger partial charge in [-0.25, -0.2) is 4.79 Å². The number of hydrogen-bond acceptors (Lipinski definition) is 6. The summed E-state index contributed by atoms with van der Waals surface area (Å²) in [7, 11) is 0. The lowest BCUT2D eigenvalue weighted by molar-refractivity contribution is -0.121. The monoisotopic (exact) mass is 496 g/mol. The number of aryl methyl sites for hydroxylation is 2. The van der Waals surface area contributed by atoms with Crippen molar-refractivity contribution in [2.24, 2.45) is 0 Å². The minimum atomic E-state index is -0.613. The van der Waals surface area contributed by atoms with Crippen LogP contribution in [0.15, 0.2) is 56.7 Å². The molecule has 2 amide bonds. The van der Waals surface area contributed by atoms with Gasteiger partial charge in [-0.3, -0.25) is 23.5 Å². The summed E-state index contributed by atoms with van der Waals surface area (Å²) in [6, 6.07) is 11.2. The van der Waals surface area contributed by atoms with E-state index in [1.54, 1.807) is 11.4 Å². The van der Waals surface area contributed by atoms with Gasteiger partial charge in [0.2, 0.25) is 11.8 Å². The SMILES string of the molecule is Cc1ccc(C)c(NC(=O)Cn2c(=O)n(CCC(=O)NCc3cccs3)c(=O)c3sccc32)c1. The van der Waals surface area contributed by atoms with E-state index in [2.05, 4.69) is 10.6 Å². The van der Waals surface area contributed by atoms with Crippen molar-refractivity contribution >= 4 is 50.4 Å². The van der Waals surface area contributed by atoms with Crippen LogP contribution in [0.4, 0.5) is 5.69 Å². The molecule has 34 heavy (non-hydrogen) atoms. The van der Waals surface area contributed by atoms with Crippen molar-refractivity contribution in [1.82, 2.24) is 14.5 Å². The molecule has 3 aromatic heterocycles. The molecule has 0 radical (unpaired) electrons. The second-order valence-electron chi connectivity index (χ2n) is 7.93. The Bertz CT molecular complexity index is 1460. The number of hydrogen-bond donors (Lipinski definition) is 2. The molecule has 0 saturated carbocycles. The number of thiophene rings is 2. The van der Waals surface area contributed by atoms with Crippen LogP contribution < -0.4 is 21.9 Å². The fraction of sp³-hybridized carbons (Fsp3) is 0.250. The van der Waals surface area contributed by atoms with E-state index in [4.69, 9.17) is 0 Å². The molecular formula is C24H24N4O4S2. The van der Waals surface area contributed by atoms with Crippen LogP contribution in [0.3, 0.4) is 0 Å². The van der Waals surface area contributed by atoms with Crippen LogP contribution in [0.25, 0.3) is 10.2 Å². The minimum Gasteiger partial charge on any atom is -0.351 e. The predicted molar refractivity (Wildman–Crippen MR) is 136 cm³/mol. The number of aromatic nitrogens is 2. The Kier molecular flexibility index (Phi) is 7.09. The summed E-state index contributed by atoms with van der Waals surface area (Å²) in [6.07, 6.45) is -0.0217. The van der Waals surface area contributed by atoms with Gasteiger partial charge in [-0.2, -0.15) is 0 Å². The first-order chi connectivity index (χ1) is 16.3. The zero-order chi connectivity index (χ0) is 24.2. The molecule has 176 valence electrons. The van der Waals surface area contributed by atoms with Crippen LogP contribution in [-0.4, -0.2) is 20.9 Å². The number of amides is 2. The van der Waals surface area contributed by atoms with Crippen LogP contribution in [0.1, 0.15) is 22.4 Å². The smallest absolute Gasteiger partial charge is 0.332 e. The molecule has 4 aromatic rings. The summed E-state index contributed by atoms with van der Waals surface area (Å²) in [5.74, 6) is -0.632. The van der Waals surface area contributed by atoms with Gasteiger partial charge in [0.25, 0.3) is 5.56 Å². The van der Waals surface area contributed by atoms with E-state index >= 15 is 0 Å². The maximum Gasteiger partial charge on any atom is 0.332 e. The summed E-state index contributed by atoms with van der Waals surface area (Å²) < 4.78 is 2.70. The largest absolute Gasteiger partial charge is 0.351 e. The van der Waals surface area contributed by atoms with E-state index in [1.807, 2.05) is 49.6 Å². The number of rotatable bonds is 8. The van der Waals surface area contributed by atoms with Crippen LogP contribution in [0.2, 0.25) is 0 Å². The first-order valence-corrected chi connectivity index (χ1v) is 12.5. The Morgan fingerprint density at radius 1 is 0.971 bits per heavy atom. The fourth-order valence-corrected chi connectivity index (χ4v) is 5.08. The molecule has 0 aliphatic rings. The maximum absolute atomic E-state index is 13.2. The molecule has 4 rings (SSSR count). The highest BCUT2D eigenvalue weighted by atomic mass is 32.1. The number of nitrogens with zero attached hydrogens (tertiary/aromatic N) is 2. The molecule has 0 bridgehead atoms. The highest BCUT2D eigenvalue weighted by Crippen LogP contribution is 2.18. The van der Waals surface area contributed by atoms with Crippen molar-refractivity contribution in [3.8, 4) is 0 Å². The average Bonchev–Trinajstić information content (AvgIpc) is 3.50. The third-order valence-corrected chi connectivity index (χ3v) is 7.18. The number of fused-ring (bicyclic) bond motifs is 1. The molecular weight excluding hydrogens is 472 g/mol. The number of nitrogens with one attached hydrogen (secondary N) is 2. The normalized spacial score (nSPS) is 11.0. The fourth-order valence-electron chi connectivity index (χ4n) is 3.59. The van der Waals surface area contributed by atoms with Crippen LogP contribution in [0.5, 0.6) is 0 Å². The van der Waals surface area contributed by atoms with Gasteiger partial charge in [0.1, 0.15) is 11.2 Å². The van der Waals surface area contributed by atoms with E-state index < -0.39 is 11.2 Å². The van der Waals surface area contributed by atoms with Gasteiger partial charge in [-0.15, -0.1) is 22.7 Å². The first-order valence-electron chi connectivity index (χ1n) is 10.7. The van der Waals surface area contributed by atoms with Gasteiger partial charge in [0.05, 0.1) is 12.1 Å². The van der Waals surface area contributed by atoms with E-state index in [0.29, 0.717) is 22.4 Å². The lowest BCUT2D eigenvalue weighted by atomic mass is 10.1. The highest BCUT2D eigenvalue weighted by molar-refractivity contribution is 7.17. The second-order valence-corrected chi connectivity index (χ2v) is 9.88. The number of carbonyl (C=O) groups is 2. The molecule has 0 aliphatic carbocycles. The predicted octanol–water partition coefficient (Wildman–Crippen LogP) is 3.25. The molecule has 0 aliphatic heterocycles. The Labute approximate surface area is 203 Å². The van der Waals surface area contributed by atoms with Crippen molar-refractivity contribution in [3.05, 3.63) is 84.0 Å². The zero-order valence-electron chi connectivity index (χ0n) is 18.8. The van der Waals surface area contributed by atoms with Gasteiger partial charge in [-0.05, 0) is 53.9 Å². The van der Waals surface area contributed by atoms with Gasteiger partial charge in [-0.1, -0.05) is 18.2 Å². The van der Waals surface area contributed by atoms with Gasteiger partial charge < -0.3 is 10.6 Å². The summed E-state index contributed by atoms with van der Waals surface area (Å²) in [4.78, 5) is 52.2. The second kappa shape index (κ2) is 10.2. The maximum atomic E-state index is 13.2. The molecule has 0 atom stereocenters. The van der Waals surface area contributed by atoms with E-state index in [9.17, 15) is 19.2 Å². The van der Waals surface area contributed by atoms with Crippen molar-refractivity contribution in [2.45, 2.75) is 39.9 Å². The molecule has 3 heterocycles. The number of anilines is 1. The molecule has 0 unspecified atom stereocenters. The quantitative estimate of drug-likeness (QED) is 0.391. The number of carbonyl (C=O) groups excluding carboxylic acids is 2. The number of benzene rings is 1. The zero-order valence-corrected chi connectivity index (χ0v) is 20.4. The summed E-state index contributed by atoms with van der Waals surface area (Å²) in [5.41, 5.74) is 1.94. The Morgan fingerprint density at radius 3 is 2.56 bits per heavy atom. The van der Waals surface area contributed by atoms with Crippen molar-refractivity contribution < 1.29 is 9.59 Å². The summed E-state index contributed by atoms with van der Waals surface area (Å²) in [6.45, 7) is 3.91. The molecule has 0 saturated heterocycles. The third-order valence-electron chi connectivity index (χ3n) is 5.41. The first kappa shape index (κ1) is 23.7. The average molecular weight is 497 g/mol. The van der Waals surface area contributed by atoms with Gasteiger partial charge in [0.15, 0.2) is 0 Å². The Morgan fingerprint density at radius 2 is 1.79 bits per heavy atom. The lowest BCUT2D eigenvalue weighted by Crippen LogP contribution is -2.42. The third kappa shape index (κ3) is 5.18. The molecule has 0 fully saturated rings. The van der Waals surface area contributed by atoms with Crippen molar-refractivity contribution in [3.63, 3.8) is 0 Å². The van der Waals surface area contributed by atoms with Crippen molar-refractivity contribution in [2.75, 3.05) is 5.32 Å². The van der Waals surface area contributed by atoms with Crippen LogP contribution >= 0.6 is 22.7 Å². The van der Waals surface area contributed by atoms with E-state index in [1.165, 1.54) is 27.2 Å². The standard InChI is InChI=1S/C24H24N4O4S2/c1-15-5-6-16(2)18(12-15)26-21(30)14-28-19-8-11-34-22(19)23(31)27(24(28)32)9-7-20(29)25-13-17-4-3-10-33-17/h3-6,8,10-12H,7,9,13-14H2,1-2H3,(H,25,29)(H,26,30). The molecule has 10 heteroatoms. The Hall–Kier alpha value is -3.50. The Balaban J connectivity index is 1.54. The van der Waals surface area contributed by atoms with E-state index in [0.717, 1.165) is 20.6 Å². The highest BCUT2D eigenvalue weighted by Gasteiger charge is 2.17. The van der Waals surface area contributed by atoms with Gasteiger partial charge >= 0.3 is 5.69 Å².